The van der Waals surface area contributed by atoms with Crippen LogP contribution in [0.15, 0.2) is 54.7 Å². The summed E-state index contributed by atoms with van der Waals surface area (Å²) in [4.78, 5) is 19.4. The molecule has 4 heteroatoms. The van der Waals surface area contributed by atoms with Crippen LogP contribution >= 0.6 is 0 Å². The first-order chi connectivity index (χ1) is 15.2. The van der Waals surface area contributed by atoms with Crippen molar-refractivity contribution in [3.63, 3.8) is 0 Å². The zero-order valence-corrected chi connectivity index (χ0v) is 18.0. The monoisotopic (exact) mass is 412 g/mol. The minimum absolute atomic E-state index is 0.207. The summed E-state index contributed by atoms with van der Waals surface area (Å²) in [5.41, 5.74) is 4.66. The summed E-state index contributed by atoms with van der Waals surface area (Å²) in [6.45, 7) is 2.14. The van der Waals surface area contributed by atoms with E-state index in [1.54, 1.807) is 0 Å². The molecular weight excluding hydrogens is 384 g/mol. The molecule has 2 aromatic carbocycles. The van der Waals surface area contributed by atoms with E-state index in [4.69, 9.17) is 4.74 Å². The van der Waals surface area contributed by atoms with Gasteiger partial charge in [0.15, 0.2) is 0 Å². The van der Waals surface area contributed by atoms with Crippen molar-refractivity contribution in [3.8, 4) is 16.9 Å². The van der Waals surface area contributed by atoms with Crippen LogP contribution < -0.4 is 4.74 Å². The number of carbonyl (C=O) groups excluding carboxylic acids is 1. The lowest BCUT2D eigenvalue weighted by Gasteiger charge is -2.39. The summed E-state index contributed by atoms with van der Waals surface area (Å²) in [5, 5.41) is 1.17. The Hall–Kier alpha value is -2.88. The smallest absolute Gasteiger partial charge is 0.226 e. The number of fused-ring (bicyclic) bond motifs is 3. The van der Waals surface area contributed by atoms with Gasteiger partial charge in [0.25, 0.3) is 0 Å². The Balaban J connectivity index is 1.17. The summed E-state index contributed by atoms with van der Waals surface area (Å²) in [7, 11) is 0. The Bertz CT molecular complexity index is 1120. The lowest BCUT2D eigenvalue weighted by atomic mass is 9.97. The van der Waals surface area contributed by atoms with Crippen LogP contribution in [-0.4, -0.2) is 34.0 Å². The zero-order valence-electron chi connectivity index (χ0n) is 18.0. The highest BCUT2D eigenvalue weighted by Gasteiger charge is 2.47. The van der Waals surface area contributed by atoms with E-state index in [9.17, 15) is 4.79 Å². The van der Waals surface area contributed by atoms with Crippen molar-refractivity contribution >= 4 is 16.8 Å². The van der Waals surface area contributed by atoms with Gasteiger partial charge in [0.2, 0.25) is 5.91 Å². The average Bonchev–Trinajstić information content (AvgIpc) is 3.60. The predicted molar refractivity (Wildman–Crippen MR) is 122 cm³/mol. The first-order valence-electron chi connectivity index (χ1n) is 11.6. The van der Waals surface area contributed by atoms with Crippen molar-refractivity contribution in [1.29, 1.82) is 0 Å². The summed E-state index contributed by atoms with van der Waals surface area (Å²) in [6.07, 6.45) is 8.44. The lowest BCUT2D eigenvalue weighted by molar-refractivity contribution is -0.138. The van der Waals surface area contributed by atoms with E-state index >= 15 is 0 Å². The zero-order chi connectivity index (χ0) is 20.9. The van der Waals surface area contributed by atoms with Crippen molar-refractivity contribution in [2.45, 2.75) is 63.6 Å². The summed E-state index contributed by atoms with van der Waals surface area (Å²) < 4.78 is 6.38. The van der Waals surface area contributed by atoms with E-state index in [1.807, 2.05) is 12.3 Å². The number of nitrogens with zero attached hydrogens (tertiary/aromatic N) is 2. The normalized spacial score (nSPS) is 25.1. The maximum atomic E-state index is 12.6. The average molecular weight is 413 g/mol. The van der Waals surface area contributed by atoms with Crippen LogP contribution in [0.5, 0.6) is 5.75 Å². The molecule has 1 aliphatic carbocycles. The molecule has 2 saturated heterocycles. The second-order valence-corrected chi connectivity index (χ2v) is 9.45. The van der Waals surface area contributed by atoms with Gasteiger partial charge in [-0.25, -0.2) is 0 Å². The molecule has 0 radical (unpaired) electrons. The molecule has 4 nitrogen and oxygen atoms in total. The van der Waals surface area contributed by atoms with Crippen molar-refractivity contribution in [3.05, 3.63) is 60.3 Å². The van der Waals surface area contributed by atoms with Gasteiger partial charge in [-0.15, -0.1) is 0 Å². The molecule has 3 aromatic rings. The van der Waals surface area contributed by atoms with Crippen LogP contribution in [0.25, 0.3) is 22.0 Å². The lowest BCUT2D eigenvalue weighted by Crippen LogP contribution is -2.49. The van der Waals surface area contributed by atoms with Gasteiger partial charge in [0.1, 0.15) is 11.9 Å². The molecule has 158 valence electrons. The molecule has 3 aliphatic rings. The fourth-order valence-corrected chi connectivity index (χ4v) is 5.63. The van der Waals surface area contributed by atoms with Gasteiger partial charge < -0.3 is 9.64 Å². The minimum atomic E-state index is 0.207. The number of pyridine rings is 1. The Kier molecular flexibility index (Phi) is 4.48. The number of amides is 1. The van der Waals surface area contributed by atoms with Gasteiger partial charge in [-0.3, -0.25) is 9.78 Å². The van der Waals surface area contributed by atoms with E-state index in [-0.39, 0.29) is 6.10 Å². The fourth-order valence-electron chi connectivity index (χ4n) is 5.63. The molecule has 1 amide bonds. The number of hydrogen-bond acceptors (Lipinski definition) is 3. The van der Waals surface area contributed by atoms with Gasteiger partial charge in [-0.05, 0) is 67.5 Å². The number of aryl methyl sites for hydroxylation is 1. The maximum absolute atomic E-state index is 12.6. The minimum Gasteiger partial charge on any atom is -0.490 e. The molecule has 1 saturated carbocycles. The summed E-state index contributed by atoms with van der Waals surface area (Å²) in [5.74, 6) is 1.66. The molecule has 3 atom stereocenters. The first-order valence-corrected chi connectivity index (χ1v) is 11.6. The first kappa shape index (κ1) is 18.9. The molecular formula is C27H28N2O2. The van der Waals surface area contributed by atoms with Crippen LogP contribution in [0.2, 0.25) is 0 Å². The highest BCUT2D eigenvalue weighted by molar-refractivity contribution is 5.88. The fraction of sp³-hybridized carbons (Fsp3) is 0.407. The number of rotatable bonds is 4. The number of ether oxygens (including phenoxy) is 1. The van der Waals surface area contributed by atoms with E-state index in [2.05, 4.69) is 59.3 Å². The molecule has 2 bridgehead atoms. The molecule has 3 heterocycles. The third-order valence-corrected chi connectivity index (χ3v) is 7.37. The Morgan fingerprint density at radius 1 is 0.968 bits per heavy atom. The van der Waals surface area contributed by atoms with Crippen molar-refractivity contribution < 1.29 is 9.53 Å². The van der Waals surface area contributed by atoms with Crippen molar-refractivity contribution in [2.75, 3.05) is 0 Å². The molecule has 0 N–H and O–H groups in total. The molecule has 2 aliphatic heterocycles. The van der Waals surface area contributed by atoms with Crippen molar-refractivity contribution in [1.82, 2.24) is 9.88 Å². The van der Waals surface area contributed by atoms with E-state index in [0.717, 1.165) is 49.8 Å². The molecule has 3 fully saturated rings. The van der Waals surface area contributed by atoms with Gasteiger partial charge in [-0.2, -0.15) is 0 Å². The van der Waals surface area contributed by atoms with E-state index in [0.29, 0.717) is 23.9 Å². The molecule has 0 spiro atoms. The number of hydrogen-bond donors (Lipinski definition) is 0. The maximum Gasteiger partial charge on any atom is 0.226 e. The quantitative estimate of drug-likeness (QED) is 0.567. The standard InChI is InChI=1S/C27H28N2O2/c1-17-25(13-8-19-3-2-14-28-26(17)19)18-6-11-23(12-7-18)31-24-15-21-9-10-22(16-24)29(21)27(30)20-4-5-20/h2-3,6-8,11-14,20-22,24H,4-5,9-10,15-16H2,1H3/t21-,22?,24?/m1/s1. The Morgan fingerprint density at radius 2 is 1.71 bits per heavy atom. The number of benzene rings is 2. The third-order valence-electron chi connectivity index (χ3n) is 7.37. The van der Waals surface area contributed by atoms with Gasteiger partial charge in [-0.1, -0.05) is 30.3 Å². The number of aromatic nitrogens is 1. The van der Waals surface area contributed by atoms with E-state index in [1.165, 1.54) is 22.1 Å². The van der Waals surface area contributed by atoms with E-state index < -0.39 is 0 Å². The Morgan fingerprint density at radius 3 is 2.42 bits per heavy atom. The van der Waals surface area contributed by atoms with Crippen LogP contribution in [0.4, 0.5) is 0 Å². The molecule has 31 heavy (non-hydrogen) atoms. The molecule has 6 rings (SSSR count). The largest absolute Gasteiger partial charge is 0.490 e. The third kappa shape index (κ3) is 3.38. The molecule has 2 unspecified atom stereocenters. The van der Waals surface area contributed by atoms with Crippen LogP contribution in [0, 0.1) is 12.8 Å². The second kappa shape index (κ2) is 7.37. The van der Waals surface area contributed by atoms with Crippen LogP contribution in [0.1, 0.15) is 44.1 Å². The van der Waals surface area contributed by atoms with Gasteiger partial charge >= 0.3 is 0 Å². The number of carbonyl (C=O) groups is 1. The van der Waals surface area contributed by atoms with Crippen molar-refractivity contribution in [2.24, 2.45) is 5.92 Å². The van der Waals surface area contributed by atoms with Crippen LogP contribution in [-0.2, 0) is 4.79 Å². The molecule has 1 aromatic heterocycles. The van der Waals surface area contributed by atoms with Gasteiger partial charge in [0, 0.05) is 42.4 Å². The van der Waals surface area contributed by atoms with Crippen LogP contribution in [0.3, 0.4) is 0 Å². The number of piperidine rings is 1. The SMILES string of the molecule is Cc1c(-c2ccc(OC3CC4CC[C@H](C3)N4C(=O)C3CC3)cc2)ccc2cccnc12. The topological polar surface area (TPSA) is 42.4 Å². The predicted octanol–water partition coefficient (Wildman–Crippen LogP) is 5.52. The Labute approximate surface area is 183 Å². The summed E-state index contributed by atoms with van der Waals surface area (Å²) in [6, 6.07) is 17.6. The highest BCUT2D eigenvalue weighted by atomic mass is 16.5. The summed E-state index contributed by atoms with van der Waals surface area (Å²) >= 11 is 0. The second-order valence-electron chi connectivity index (χ2n) is 9.45. The van der Waals surface area contributed by atoms with Gasteiger partial charge in [0.05, 0.1) is 5.52 Å². The highest BCUT2D eigenvalue weighted by Crippen LogP contribution is 2.42.